The molecule has 1 aromatic carbocycles. The van der Waals surface area contributed by atoms with Crippen molar-refractivity contribution in [1.82, 2.24) is 5.32 Å². The minimum atomic E-state index is -4.92. The fourth-order valence-corrected chi connectivity index (χ4v) is 2.88. The van der Waals surface area contributed by atoms with E-state index in [1.165, 1.54) is 4.90 Å². The van der Waals surface area contributed by atoms with E-state index in [0.717, 1.165) is 0 Å². The van der Waals surface area contributed by atoms with Crippen molar-refractivity contribution in [2.24, 2.45) is 0 Å². The normalized spacial score (nSPS) is 21.6. The Balaban J connectivity index is 2.68. The molecule has 0 spiro atoms. The molecule has 0 bridgehead atoms. The van der Waals surface area contributed by atoms with Gasteiger partial charge in [0.15, 0.2) is 5.69 Å². The van der Waals surface area contributed by atoms with Gasteiger partial charge >= 0.3 is 6.18 Å². The van der Waals surface area contributed by atoms with Crippen LogP contribution in [-0.4, -0.2) is 35.0 Å². The first-order valence-electron chi connectivity index (χ1n) is 7.05. The lowest BCUT2D eigenvalue weighted by Crippen LogP contribution is -2.54. The van der Waals surface area contributed by atoms with Crippen LogP contribution in [-0.2, 0) is 6.18 Å². The molecule has 0 amide bonds. The number of benzene rings is 1. The number of nitro benzene ring substituents is 2. The summed E-state index contributed by atoms with van der Waals surface area (Å²) >= 11 is 0. The summed E-state index contributed by atoms with van der Waals surface area (Å²) in [6.07, 6.45) is -4.92. The van der Waals surface area contributed by atoms with Gasteiger partial charge in [-0.1, -0.05) is 0 Å². The van der Waals surface area contributed by atoms with Crippen LogP contribution in [0, 0.1) is 20.2 Å². The van der Waals surface area contributed by atoms with Crippen molar-refractivity contribution >= 4 is 17.1 Å². The van der Waals surface area contributed by atoms with Crippen LogP contribution in [0.3, 0.4) is 0 Å². The van der Waals surface area contributed by atoms with E-state index in [2.05, 4.69) is 5.32 Å². The largest absolute Gasteiger partial charge is 0.416 e. The molecule has 2 rings (SSSR count). The average molecular weight is 348 g/mol. The van der Waals surface area contributed by atoms with Crippen molar-refractivity contribution in [1.29, 1.82) is 0 Å². The van der Waals surface area contributed by atoms with E-state index in [9.17, 15) is 33.4 Å². The molecular weight excluding hydrogens is 333 g/mol. The first-order chi connectivity index (χ1) is 11.0. The summed E-state index contributed by atoms with van der Waals surface area (Å²) in [6, 6.07) is 0.435. The summed E-state index contributed by atoms with van der Waals surface area (Å²) in [6.45, 7) is 3.98. The molecule has 1 saturated heterocycles. The van der Waals surface area contributed by atoms with Gasteiger partial charge in [0.2, 0.25) is 0 Å². The van der Waals surface area contributed by atoms with Gasteiger partial charge in [0.25, 0.3) is 11.4 Å². The quantitative estimate of drug-likeness (QED) is 0.666. The maximum Gasteiger partial charge on any atom is 0.416 e. The maximum atomic E-state index is 12.9. The van der Waals surface area contributed by atoms with E-state index in [4.69, 9.17) is 0 Å². The van der Waals surface area contributed by atoms with Gasteiger partial charge < -0.3 is 10.2 Å². The molecule has 1 aromatic rings. The van der Waals surface area contributed by atoms with Crippen molar-refractivity contribution < 1.29 is 23.0 Å². The van der Waals surface area contributed by atoms with Crippen LogP contribution in [0.15, 0.2) is 12.1 Å². The molecule has 2 atom stereocenters. The van der Waals surface area contributed by atoms with E-state index in [0.29, 0.717) is 12.1 Å². The summed E-state index contributed by atoms with van der Waals surface area (Å²) in [5, 5.41) is 25.7. The number of anilines is 1. The average Bonchev–Trinajstić information content (AvgIpc) is 2.43. The zero-order chi connectivity index (χ0) is 18.2. The molecule has 132 valence electrons. The minimum absolute atomic E-state index is 0.129. The Labute approximate surface area is 134 Å². The second-order valence-electron chi connectivity index (χ2n) is 5.75. The first kappa shape index (κ1) is 17.9. The van der Waals surface area contributed by atoms with Crippen LogP contribution in [0.2, 0.25) is 0 Å². The molecule has 0 unspecified atom stereocenters. The van der Waals surface area contributed by atoms with Crippen LogP contribution >= 0.6 is 0 Å². The smallest absolute Gasteiger partial charge is 0.357 e. The standard InChI is InChI=1S/C13H15F3N4O4/c1-7-5-18(6-8(2)17-7)12-10(19(21)22)3-9(13(14,15)16)4-11(12)20(23)24/h3-4,7-8,17H,5-6H2,1-2H3/t7-,8-/m0/s1. The van der Waals surface area contributed by atoms with Crippen molar-refractivity contribution in [2.75, 3.05) is 18.0 Å². The van der Waals surface area contributed by atoms with E-state index in [1.54, 1.807) is 13.8 Å². The van der Waals surface area contributed by atoms with E-state index >= 15 is 0 Å². The van der Waals surface area contributed by atoms with Gasteiger partial charge in [-0.25, -0.2) is 0 Å². The molecule has 0 aromatic heterocycles. The number of hydrogen-bond donors (Lipinski definition) is 1. The topological polar surface area (TPSA) is 102 Å². The molecule has 0 radical (unpaired) electrons. The molecule has 0 saturated carbocycles. The Morgan fingerprint density at radius 2 is 1.50 bits per heavy atom. The minimum Gasteiger partial charge on any atom is -0.357 e. The van der Waals surface area contributed by atoms with Crippen LogP contribution in [0.25, 0.3) is 0 Å². The molecule has 8 nitrogen and oxygen atoms in total. The second-order valence-corrected chi connectivity index (χ2v) is 5.75. The lowest BCUT2D eigenvalue weighted by atomic mass is 10.1. The molecule has 1 fully saturated rings. The highest BCUT2D eigenvalue weighted by Crippen LogP contribution is 2.43. The second kappa shape index (κ2) is 6.23. The Hall–Kier alpha value is -2.43. The number of alkyl halides is 3. The zero-order valence-corrected chi connectivity index (χ0v) is 12.8. The van der Waals surface area contributed by atoms with Crippen LogP contribution in [0.4, 0.5) is 30.2 Å². The van der Waals surface area contributed by atoms with Crippen molar-refractivity contribution in [3.05, 3.63) is 37.9 Å². The third-order valence-corrected chi connectivity index (χ3v) is 3.66. The van der Waals surface area contributed by atoms with Gasteiger partial charge in [-0.2, -0.15) is 13.2 Å². The van der Waals surface area contributed by atoms with E-state index in [1.807, 2.05) is 0 Å². The van der Waals surface area contributed by atoms with Crippen molar-refractivity contribution in [2.45, 2.75) is 32.1 Å². The van der Waals surface area contributed by atoms with Gasteiger partial charge in [0, 0.05) is 37.3 Å². The molecule has 11 heteroatoms. The lowest BCUT2D eigenvalue weighted by Gasteiger charge is -2.37. The molecule has 1 N–H and O–H groups in total. The Bertz CT molecular complexity index is 635. The summed E-state index contributed by atoms with van der Waals surface area (Å²) in [4.78, 5) is 21.9. The first-order valence-corrected chi connectivity index (χ1v) is 7.05. The Morgan fingerprint density at radius 3 is 1.83 bits per heavy atom. The van der Waals surface area contributed by atoms with Crippen LogP contribution in [0.5, 0.6) is 0 Å². The Morgan fingerprint density at radius 1 is 1.08 bits per heavy atom. The summed E-state index contributed by atoms with van der Waals surface area (Å²) in [5.41, 5.74) is -3.64. The fraction of sp³-hybridized carbons (Fsp3) is 0.538. The summed E-state index contributed by atoms with van der Waals surface area (Å²) < 4.78 is 38.7. The van der Waals surface area contributed by atoms with E-state index < -0.39 is 38.6 Å². The van der Waals surface area contributed by atoms with Crippen LogP contribution in [0.1, 0.15) is 19.4 Å². The van der Waals surface area contributed by atoms with Crippen molar-refractivity contribution in [3.63, 3.8) is 0 Å². The number of halogens is 3. The third-order valence-electron chi connectivity index (χ3n) is 3.66. The molecule has 1 aliphatic heterocycles. The Kier molecular flexibility index (Phi) is 4.65. The summed E-state index contributed by atoms with van der Waals surface area (Å²) in [7, 11) is 0. The number of piperazine rings is 1. The van der Waals surface area contributed by atoms with Crippen LogP contribution < -0.4 is 10.2 Å². The van der Waals surface area contributed by atoms with E-state index in [-0.39, 0.29) is 25.2 Å². The number of hydrogen-bond acceptors (Lipinski definition) is 6. The zero-order valence-electron chi connectivity index (χ0n) is 12.8. The molecule has 24 heavy (non-hydrogen) atoms. The summed E-state index contributed by atoms with van der Waals surface area (Å²) in [5.74, 6) is 0. The number of nitro groups is 2. The molecular formula is C13H15F3N4O4. The predicted molar refractivity (Wildman–Crippen MR) is 79.0 cm³/mol. The highest BCUT2D eigenvalue weighted by atomic mass is 19.4. The molecule has 1 aliphatic rings. The SMILES string of the molecule is C[C@H]1CN(c2c([N+](=O)[O-])cc(C(F)(F)F)cc2[N+](=O)[O-])C[C@H](C)N1. The van der Waals surface area contributed by atoms with Gasteiger partial charge in [-0.05, 0) is 13.8 Å². The van der Waals surface area contributed by atoms with Gasteiger partial charge in [0.05, 0.1) is 15.4 Å². The highest BCUT2D eigenvalue weighted by molar-refractivity contribution is 5.76. The molecule has 0 aliphatic carbocycles. The highest BCUT2D eigenvalue weighted by Gasteiger charge is 2.40. The molecule has 1 heterocycles. The van der Waals surface area contributed by atoms with Gasteiger partial charge in [-0.15, -0.1) is 0 Å². The number of rotatable bonds is 3. The van der Waals surface area contributed by atoms with Crippen molar-refractivity contribution in [3.8, 4) is 0 Å². The number of nitrogens with zero attached hydrogens (tertiary/aromatic N) is 3. The third kappa shape index (κ3) is 3.55. The lowest BCUT2D eigenvalue weighted by molar-refractivity contribution is -0.393. The monoisotopic (exact) mass is 348 g/mol. The predicted octanol–water partition coefficient (Wildman–Crippen LogP) is 2.71. The maximum absolute atomic E-state index is 12.9. The number of nitrogens with one attached hydrogen (secondary N) is 1. The van der Waals surface area contributed by atoms with Gasteiger partial charge in [-0.3, -0.25) is 20.2 Å². The van der Waals surface area contributed by atoms with Gasteiger partial charge in [0.1, 0.15) is 0 Å². The fourth-order valence-electron chi connectivity index (χ4n) is 2.88.